The Morgan fingerprint density at radius 1 is 1.23 bits per heavy atom. The van der Waals surface area contributed by atoms with Crippen molar-refractivity contribution in [3.05, 3.63) is 35.4 Å². The summed E-state index contributed by atoms with van der Waals surface area (Å²) in [5.41, 5.74) is -0.275. The molecule has 0 aromatic heterocycles. The maximum absolute atomic E-state index is 12.5. The van der Waals surface area contributed by atoms with Crippen molar-refractivity contribution in [1.82, 2.24) is 4.90 Å². The highest BCUT2D eigenvalue weighted by Gasteiger charge is 2.30. The molecule has 0 radical (unpaired) electrons. The summed E-state index contributed by atoms with van der Waals surface area (Å²) < 4.78 is 37.4. The van der Waals surface area contributed by atoms with Gasteiger partial charge in [-0.3, -0.25) is 9.59 Å². The molecule has 1 aromatic rings. The van der Waals surface area contributed by atoms with Gasteiger partial charge in [-0.1, -0.05) is 12.1 Å². The maximum Gasteiger partial charge on any atom is 0.416 e. The first-order chi connectivity index (χ1) is 10.3. The van der Waals surface area contributed by atoms with E-state index in [0.29, 0.717) is 24.9 Å². The molecule has 1 aliphatic heterocycles. The van der Waals surface area contributed by atoms with Gasteiger partial charge in [0.05, 0.1) is 17.9 Å². The monoisotopic (exact) mass is 315 g/mol. The van der Waals surface area contributed by atoms with Crippen LogP contribution in [0.2, 0.25) is 0 Å². The number of benzene rings is 1. The first-order valence-corrected chi connectivity index (χ1v) is 6.94. The molecule has 120 valence electrons. The Labute approximate surface area is 125 Å². The highest BCUT2D eigenvalue weighted by Crippen LogP contribution is 2.29. The number of amides is 1. The van der Waals surface area contributed by atoms with Crippen LogP contribution in [0.1, 0.15) is 24.0 Å². The third-order valence-corrected chi connectivity index (χ3v) is 3.76. The molecule has 7 heteroatoms. The van der Waals surface area contributed by atoms with Gasteiger partial charge in [-0.2, -0.15) is 13.2 Å². The Kier molecular flexibility index (Phi) is 4.73. The number of carboxylic acid groups (broad SMARTS) is 1. The van der Waals surface area contributed by atoms with E-state index in [0.717, 1.165) is 12.1 Å². The number of hydrogen-bond donors (Lipinski definition) is 1. The van der Waals surface area contributed by atoms with Crippen LogP contribution in [0.25, 0.3) is 0 Å². The van der Waals surface area contributed by atoms with E-state index < -0.39 is 23.6 Å². The van der Waals surface area contributed by atoms with Crippen LogP contribution < -0.4 is 0 Å². The third kappa shape index (κ3) is 3.99. The number of alkyl halides is 3. The zero-order chi connectivity index (χ0) is 16.3. The minimum atomic E-state index is -4.40. The number of nitrogens with zero attached hydrogens (tertiary/aromatic N) is 1. The predicted molar refractivity (Wildman–Crippen MR) is 72.1 cm³/mol. The highest BCUT2D eigenvalue weighted by molar-refractivity contribution is 5.80. The van der Waals surface area contributed by atoms with Gasteiger partial charge < -0.3 is 10.0 Å². The van der Waals surface area contributed by atoms with Crippen LogP contribution in [-0.4, -0.2) is 35.0 Å². The van der Waals surface area contributed by atoms with Crippen LogP contribution in [0, 0.1) is 5.92 Å². The van der Waals surface area contributed by atoms with Crippen molar-refractivity contribution in [1.29, 1.82) is 0 Å². The van der Waals surface area contributed by atoms with Crippen molar-refractivity contribution in [2.75, 3.05) is 13.1 Å². The van der Waals surface area contributed by atoms with E-state index in [1.807, 2.05) is 0 Å². The van der Waals surface area contributed by atoms with Crippen LogP contribution >= 0.6 is 0 Å². The van der Waals surface area contributed by atoms with Crippen LogP contribution in [0.15, 0.2) is 24.3 Å². The molecule has 1 fully saturated rings. The Hall–Kier alpha value is -2.05. The Balaban J connectivity index is 1.98. The first kappa shape index (κ1) is 16.3. The quantitative estimate of drug-likeness (QED) is 0.932. The van der Waals surface area contributed by atoms with E-state index in [-0.39, 0.29) is 18.9 Å². The van der Waals surface area contributed by atoms with Crippen LogP contribution in [-0.2, 0) is 22.2 Å². The molecule has 0 unspecified atom stereocenters. The van der Waals surface area contributed by atoms with Gasteiger partial charge in [0.25, 0.3) is 0 Å². The second kappa shape index (κ2) is 6.37. The molecule has 1 amide bonds. The molecule has 1 atom stereocenters. The zero-order valence-electron chi connectivity index (χ0n) is 11.8. The number of piperidine rings is 1. The Morgan fingerprint density at radius 3 is 2.41 bits per heavy atom. The second-order valence-electron chi connectivity index (χ2n) is 5.39. The Morgan fingerprint density at radius 2 is 1.86 bits per heavy atom. The largest absolute Gasteiger partial charge is 0.481 e. The molecular formula is C15H16F3NO3. The van der Waals surface area contributed by atoms with Crippen LogP contribution in [0.3, 0.4) is 0 Å². The number of likely N-dealkylation sites (tertiary alicyclic amines) is 1. The van der Waals surface area contributed by atoms with Crippen LogP contribution in [0.5, 0.6) is 0 Å². The molecule has 22 heavy (non-hydrogen) atoms. The van der Waals surface area contributed by atoms with Crippen molar-refractivity contribution < 1.29 is 27.9 Å². The summed E-state index contributed by atoms with van der Waals surface area (Å²) >= 11 is 0. The molecule has 2 rings (SSSR count). The van der Waals surface area contributed by atoms with Gasteiger partial charge in [-0.15, -0.1) is 0 Å². The summed E-state index contributed by atoms with van der Waals surface area (Å²) in [4.78, 5) is 24.6. The molecule has 0 spiro atoms. The molecule has 0 aliphatic carbocycles. The van der Waals surface area contributed by atoms with E-state index in [2.05, 4.69) is 0 Å². The lowest BCUT2D eigenvalue weighted by molar-refractivity contribution is -0.145. The van der Waals surface area contributed by atoms with Gasteiger partial charge in [0.15, 0.2) is 0 Å². The number of rotatable bonds is 3. The summed E-state index contributed by atoms with van der Waals surface area (Å²) in [7, 11) is 0. The molecule has 1 aromatic carbocycles. The average molecular weight is 315 g/mol. The summed E-state index contributed by atoms with van der Waals surface area (Å²) in [6.07, 6.45) is -3.26. The summed E-state index contributed by atoms with van der Waals surface area (Å²) in [5.74, 6) is -1.75. The van der Waals surface area contributed by atoms with E-state index in [4.69, 9.17) is 5.11 Å². The summed E-state index contributed by atoms with van der Waals surface area (Å²) in [5, 5.41) is 8.99. The summed E-state index contributed by atoms with van der Waals surface area (Å²) in [6, 6.07) is 4.44. The van der Waals surface area contributed by atoms with Gasteiger partial charge in [0, 0.05) is 13.1 Å². The van der Waals surface area contributed by atoms with E-state index in [1.165, 1.54) is 17.0 Å². The molecule has 1 aliphatic rings. The molecule has 1 N–H and O–H groups in total. The van der Waals surface area contributed by atoms with Crippen molar-refractivity contribution >= 4 is 11.9 Å². The average Bonchev–Trinajstić information content (AvgIpc) is 2.47. The third-order valence-electron chi connectivity index (χ3n) is 3.76. The number of hydrogen-bond acceptors (Lipinski definition) is 2. The SMILES string of the molecule is O=C(O)[C@@H]1CCCN(C(=O)Cc2ccc(C(F)(F)F)cc2)C1. The van der Waals surface area contributed by atoms with E-state index >= 15 is 0 Å². The fraction of sp³-hybridized carbons (Fsp3) is 0.467. The van der Waals surface area contributed by atoms with Crippen molar-refractivity contribution in [3.63, 3.8) is 0 Å². The van der Waals surface area contributed by atoms with Crippen molar-refractivity contribution in [3.8, 4) is 0 Å². The molecule has 0 bridgehead atoms. The van der Waals surface area contributed by atoms with Gasteiger partial charge in [-0.25, -0.2) is 0 Å². The summed E-state index contributed by atoms with van der Waals surface area (Å²) in [6.45, 7) is 0.651. The molecule has 0 saturated carbocycles. The van der Waals surface area contributed by atoms with Gasteiger partial charge in [0.1, 0.15) is 0 Å². The second-order valence-corrected chi connectivity index (χ2v) is 5.39. The normalized spacial score (nSPS) is 19.0. The van der Waals surface area contributed by atoms with Crippen molar-refractivity contribution in [2.24, 2.45) is 5.92 Å². The number of halogens is 3. The maximum atomic E-state index is 12.5. The molecule has 1 heterocycles. The number of carbonyl (C=O) groups is 2. The minimum Gasteiger partial charge on any atom is -0.481 e. The van der Waals surface area contributed by atoms with Gasteiger partial charge >= 0.3 is 12.1 Å². The zero-order valence-corrected chi connectivity index (χ0v) is 11.8. The fourth-order valence-electron chi connectivity index (χ4n) is 2.50. The standard InChI is InChI=1S/C15H16F3NO3/c16-15(17,18)12-5-3-10(4-6-12)8-13(20)19-7-1-2-11(9-19)14(21)22/h3-6,11H,1-2,7-9H2,(H,21,22)/t11-/m1/s1. The van der Waals surface area contributed by atoms with Gasteiger partial charge in [0.2, 0.25) is 5.91 Å². The van der Waals surface area contributed by atoms with Gasteiger partial charge in [-0.05, 0) is 30.5 Å². The number of carbonyl (C=O) groups excluding carboxylic acids is 1. The lowest BCUT2D eigenvalue weighted by Crippen LogP contribution is -2.42. The number of carboxylic acids is 1. The molecule has 4 nitrogen and oxygen atoms in total. The molecular weight excluding hydrogens is 299 g/mol. The smallest absolute Gasteiger partial charge is 0.416 e. The van der Waals surface area contributed by atoms with E-state index in [1.54, 1.807) is 0 Å². The predicted octanol–water partition coefficient (Wildman–Crippen LogP) is 2.57. The van der Waals surface area contributed by atoms with Crippen LogP contribution in [0.4, 0.5) is 13.2 Å². The van der Waals surface area contributed by atoms with Crippen molar-refractivity contribution in [2.45, 2.75) is 25.4 Å². The fourth-order valence-corrected chi connectivity index (χ4v) is 2.50. The topological polar surface area (TPSA) is 57.6 Å². The first-order valence-electron chi connectivity index (χ1n) is 6.94. The minimum absolute atomic E-state index is 0.0233. The molecule has 1 saturated heterocycles. The highest BCUT2D eigenvalue weighted by atomic mass is 19.4. The Bertz CT molecular complexity index is 554. The van der Waals surface area contributed by atoms with E-state index in [9.17, 15) is 22.8 Å². The number of aliphatic carboxylic acids is 1. The lowest BCUT2D eigenvalue weighted by Gasteiger charge is -2.30. The lowest BCUT2D eigenvalue weighted by atomic mass is 9.97.